The number of rotatable bonds is 4. The Bertz CT molecular complexity index is 1730. The van der Waals surface area contributed by atoms with E-state index in [1.165, 1.54) is 69.8 Å². The molecule has 4 heteroatoms. The number of fused-ring (bicyclic) bond motifs is 2. The SMILES string of the molecule is Cc1cc2c(cc1C)N(C)C(=CC=C1C=C(C=Cc3sc4cc(C)c(C)cc4[n+]3C)CC(c3ccccc3)C1)S2. The van der Waals surface area contributed by atoms with Gasteiger partial charge in [-0.25, -0.2) is 0 Å². The zero-order chi connectivity index (χ0) is 28.0. The predicted molar refractivity (Wildman–Crippen MR) is 174 cm³/mol. The van der Waals surface area contributed by atoms with E-state index in [0.717, 1.165) is 12.8 Å². The number of allylic oxidation sites excluding steroid dienone is 6. The Morgan fingerprint density at radius 2 is 1.57 bits per heavy atom. The molecule has 1 unspecified atom stereocenters. The van der Waals surface area contributed by atoms with Crippen LogP contribution in [-0.4, -0.2) is 7.05 Å². The van der Waals surface area contributed by atoms with E-state index >= 15 is 0 Å². The highest BCUT2D eigenvalue weighted by molar-refractivity contribution is 8.03. The second-order valence-corrected chi connectivity index (χ2v) is 13.4. The molecule has 0 radical (unpaired) electrons. The van der Waals surface area contributed by atoms with Crippen LogP contribution in [-0.2, 0) is 7.05 Å². The van der Waals surface area contributed by atoms with Crippen molar-refractivity contribution in [1.82, 2.24) is 0 Å². The zero-order valence-corrected chi connectivity index (χ0v) is 25.9. The van der Waals surface area contributed by atoms with Gasteiger partial charge in [0, 0.05) is 24.1 Å². The molecule has 2 heterocycles. The fourth-order valence-electron chi connectivity index (χ4n) is 5.68. The van der Waals surface area contributed by atoms with Gasteiger partial charge in [-0.15, -0.1) is 0 Å². The van der Waals surface area contributed by atoms with Crippen LogP contribution in [0.2, 0.25) is 0 Å². The lowest BCUT2D eigenvalue weighted by Crippen LogP contribution is -2.29. The first-order chi connectivity index (χ1) is 19.3. The van der Waals surface area contributed by atoms with Crippen LogP contribution in [0.5, 0.6) is 0 Å². The highest BCUT2D eigenvalue weighted by Gasteiger charge is 2.23. The van der Waals surface area contributed by atoms with Gasteiger partial charge < -0.3 is 4.90 Å². The van der Waals surface area contributed by atoms with Gasteiger partial charge in [-0.05, 0) is 110 Å². The summed E-state index contributed by atoms with van der Waals surface area (Å²) in [5, 5.41) is 2.56. The monoisotopic (exact) mass is 561 g/mol. The van der Waals surface area contributed by atoms with Crippen molar-refractivity contribution in [2.45, 2.75) is 51.3 Å². The Kier molecular flexibility index (Phi) is 7.33. The maximum absolute atomic E-state index is 2.41. The quantitative estimate of drug-likeness (QED) is 0.229. The van der Waals surface area contributed by atoms with Crippen molar-refractivity contribution in [3.63, 3.8) is 0 Å². The molecule has 0 bridgehead atoms. The van der Waals surface area contributed by atoms with Gasteiger partial charge in [0.15, 0.2) is 0 Å². The van der Waals surface area contributed by atoms with Crippen molar-refractivity contribution in [2.75, 3.05) is 11.9 Å². The standard InChI is InChI=1S/C36H37N2S2/c1-23-16-31-33(18-25(23)3)39-35(37(31)5)14-12-27-20-28(22-30(21-27)29-10-8-7-9-11-29)13-15-36-38(6)32-17-24(2)26(4)19-34(32)40-36/h7-20,30H,21-22H2,1-6H3/q+1. The summed E-state index contributed by atoms with van der Waals surface area (Å²) in [5.41, 5.74) is 12.2. The van der Waals surface area contributed by atoms with Crippen LogP contribution in [0.25, 0.3) is 16.3 Å². The molecule has 0 spiro atoms. The summed E-state index contributed by atoms with van der Waals surface area (Å²) in [4.78, 5) is 3.68. The first-order valence-electron chi connectivity index (χ1n) is 14.0. The molecule has 0 amide bonds. The van der Waals surface area contributed by atoms with Crippen molar-refractivity contribution < 1.29 is 4.57 Å². The van der Waals surface area contributed by atoms with Gasteiger partial charge >= 0.3 is 0 Å². The van der Waals surface area contributed by atoms with Crippen LogP contribution < -0.4 is 9.47 Å². The number of hydrogen-bond donors (Lipinski definition) is 0. The topological polar surface area (TPSA) is 7.12 Å². The van der Waals surface area contributed by atoms with Gasteiger partial charge in [0.2, 0.25) is 5.52 Å². The summed E-state index contributed by atoms with van der Waals surface area (Å²) < 4.78 is 3.68. The normalized spacial score (nSPS) is 19.3. The average molecular weight is 562 g/mol. The minimum atomic E-state index is 0.480. The number of benzene rings is 3. The summed E-state index contributed by atoms with van der Waals surface area (Å²) in [6.07, 6.45) is 13.8. The highest BCUT2D eigenvalue weighted by Crippen LogP contribution is 2.46. The van der Waals surface area contributed by atoms with E-state index in [-0.39, 0.29) is 0 Å². The van der Waals surface area contributed by atoms with E-state index in [4.69, 9.17) is 0 Å². The first-order valence-corrected chi connectivity index (χ1v) is 15.7. The van der Waals surface area contributed by atoms with Gasteiger partial charge in [0.25, 0.3) is 5.01 Å². The van der Waals surface area contributed by atoms with Gasteiger partial charge in [-0.2, -0.15) is 4.57 Å². The Balaban J connectivity index is 1.32. The average Bonchev–Trinajstić information content (AvgIpc) is 3.42. The van der Waals surface area contributed by atoms with Crippen LogP contribution in [0, 0.1) is 27.7 Å². The summed E-state index contributed by atoms with van der Waals surface area (Å²) >= 11 is 3.75. The third-order valence-electron chi connectivity index (χ3n) is 8.45. The Hall–Kier alpha value is -3.34. The molecule has 202 valence electrons. The minimum absolute atomic E-state index is 0.480. The van der Waals surface area contributed by atoms with Crippen molar-refractivity contribution in [3.8, 4) is 0 Å². The van der Waals surface area contributed by atoms with Crippen LogP contribution in [0.15, 0.2) is 100.0 Å². The molecule has 0 saturated carbocycles. The molecule has 2 nitrogen and oxygen atoms in total. The van der Waals surface area contributed by atoms with Crippen molar-refractivity contribution in [2.24, 2.45) is 7.05 Å². The van der Waals surface area contributed by atoms with Gasteiger partial charge in [0.05, 0.1) is 10.7 Å². The summed E-state index contributed by atoms with van der Waals surface area (Å²) in [5.74, 6) is 0.480. The molecule has 4 aromatic rings. The van der Waals surface area contributed by atoms with E-state index in [1.807, 2.05) is 23.1 Å². The molecule has 3 aromatic carbocycles. The lowest BCUT2D eigenvalue weighted by Gasteiger charge is -2.24. The van der Waals surface area contributed by atoms with E-state index in [2.05, 4.69) is 136 Å². The third-order valence-corrected chi connectivity index (χ3v) is 10.8. The molecule has 6 rings (SSSR count). The largest absolute Gasteiger partial charge is 0.338 e. The number of thiazole rings is 1. The molecule has 1 aliphatic heterocycles. The van der Waals surface area contributed by atoms with Crippen molar-refractivity contribution >= 4 is 45.1 Å². The molecule has 0 saturated heterocycles. The Labute approximate surface area is 247 Å². The lowest BCUT2D eigenvalue weighted by molar-refractivity contribution is -0.642. The highest BCUT2D eigenvalue weighted by atomic mass is 32.2. The van der Waals surface area contributed by atoms with Crippen LogP contribution >= 0.6 is 23.1 Å². The van der Waals surface area contributed by atoms with Gasteiger partial charge in [0.1, 0.15) is 11.7 Å². The minimum Gasteiger partial charge on any atom is -0.338 e. The van der Waals surface area contributed by atoms with Crippen LogP contribution in [0.1, 0.15) is 51.6 Å². The number of nitrogens with zero attached hydrogens (tertiary/aromatic N) is 2. The number of hydrogen-bond acceptors (Lipinski definition) is 3. The maximum atomic E-state index is 2.41. The predicted octanol–water partition coefficient (Wildman–Crippen LogP) is 9.49. The molecule has 1 aromatic heterocycles. The summed E-state index contributed by atoms with van der Waals surface area (Å²) in [7, 11) is 4.37. The van der Waals surface area contributed by atoms with Gasteiger partial charge in [-0.1, -0.05) is 71.7 Å². The maximum Gasteiger partial charge on any atom is 0.262 e. The molecular formula is C36H37N2S2+. The lowest BCUT2D eigenvalue weighted by atomic mass is 9.81. The molecular weight excluding hydrogens is 525 g/mol. The second-order valence-electron chi connectivity index (χ2n) is 11.3. The summed E-state index contributed by atoms with van der Waals surface area (Å²) in [6, 6.07) is 20.3. The molecule has 0 N–H and O–H groups in total. The Morgan fingerprint density at radius 1 is 0.850 bits per heavy atom. The third kappa shape index (κ3) is 5.23. The molecule has 1 atom stereocenters. The summed E-state index contributed by atoms with van der Waals surface area (Å²) in [6.45, 7) is 8.80. The van der Waals surface area contributed by atoms with E-state index in [9.17, 15) is 0 Å². The number of aryl methyl sites for hydroxylation is 5. The molecule has 2 aliphatic rings. The molecule has 0 fully saturated rings. The molecule has 40 heavy (non-hydrogen) atoms. The first kappa shape index (κ1) is 26.9. The van der Waals surface area contributed by atoms with E-state index in [1.54, 1.807) is 0 Å². The van der Waals surface area contributed by atoms with Gasteiger partial charge in [-0.3, -0.25) is 0 Å². The molecule has 1 aliphatic carbocycles. The Morgan fingerprint density at radius 3 is 2.38 bits per heavy atom. The van der Waals surface area contributed by atoms with E-state index in [0.29, 0.717) is 5.92 Å². The number of anilines is 1. The fraction of sp³-hybridized carbons (Fsp3) is 0.250. The zero-order valence-electron chi connectivity index (χ0n) is 24.3. The van der Waals surface area contributed by atoms with Crippen molar-refractivity contribution in [3.05, 3.63) is 128 Å². The number of aromatic nitrogens is 1. The van der Waals surface area contributed by atoms with Crippen molar-refractivity contribution in [1.29, 1.82) is 0 Å². The van der Waals surface area contributed by atoms with Crippen LogP contribution in [0.3, 0.4) is 0 Å². The number of thioether (sulfide) groups is 1. The van der Waals surface area contributed by atoms with E-state index < -0.39 is 0 Å². The smallest absolute Gasteiger partial charge is 0.262 e. The second kappa shape index (κ2) is 10.9. The fourth-order valence-corrected chi connectivity index (χ4v) is 7.94. The van der Waals surface area contributed by atoms with Crippen LogP contribution in [0.4, 0.5) is 5.69 Å².